The molecule has 1 saturated carbocycles. The molecule has 2 aliphatic rings. The number of hydrogen-bond acceptors (Lipinski definition) is 4. The molecule has 0 aromatic carbocycles. The van der Waals surface area contributed by atoms with E-state index in [1.165, 1.54) is 0 Å². The predicted octanol–water partition coefficient (Wildman–Crippen LogP) is 1.90. The van der Waals surface area contributed by atoms with Gasteiger partial charge in [0.1, 0.15) is 5.82 Å². The van der Waals surface area contributed by atoms with Gasteiger partial charge in [-0.1, -0.05) is 20.8 Å². The van der Waals surface area contributed by atoms with Crippen LogP contribution in [0.4, 0.5) is 5.82 Å². The SMILES string of the molecule is CCc1c(C2CC2(C)C)nn(C2CCS(=O)(=O)C2)c1N. The molecule has 20 heavy (non-hydrogen) atoms. The van der Waals surface area contributed by atoms with Crippen molar-refractivity contribution in [3.05, 3.63) is 11.3 Å². The Hall–Kier alpha value is -1.04. The lowest BCUT2D eigenvalue weighted by atomic mass is 10.0. The minimum absolute atomic E-state index is 0.0825. The Morgan fingerprint density at radius 1 is 1.45 bits per heavy atom. The van der Waals surface area contributed by atoms with Crippen LogP contribution in [-0.2, 0) is 16.3 Å². The van der Waals surface area contributed by atoms with Gasteiger partial charge in [0.25, 0.3) is 0 Å². The Kier molecular flexibility index (Phi) is 2.94. The molecule has 1 aliphatic carbocycles. The summed E-state index contributed by atoms with van der Waals surface area (Å²) in [5.41, 5.74) is 8.76. The molecule has 0 spiro atoms. The predicted molar refractivity (Wildman–Crippen MR) is 79.5 cm³/mol. The van der Waals surface area contributed by atoms with E-state index in [-0.39, 0.29) is 17.5 Å². The van der Waals surface area contributed by atoms with E-state index >= 15 is 0 Å². The fourth-order valence-corrected chi connectivity index (χ4v) is 5.01. The summed E-state index contributed by atoms with van der Waals surface area (Å²) >= 11 is 0. The van der Waals surface area contributed by atoms with Crippen LogP contribution in [-0.4, -0.2) is 29.7 Å². The largest absolute Gasteiger partial charge is 0.384 e. The lowest BCUT2D eigenvalue weighted by Gasteiger charge is -2.10. The summed E-state index contributed by atoms with van der Waals surface area (Å²) in [6.45, 7) is 6.57. The van der Waals surface area contributed by atoms with Gasteiger partial charge in [0.2, 0.25) is 0 Å². The van der Waals surface area contributed by atoms with Gasteiger partial charge < -0.3 is 5.73 Å². The quantitative estimate of drug-likeness (QED) is 0.924. The summed E-state index contributed by atoms with van der Waals surface area (Å²) in [4.78, 5) is 0. The van der Waals surface area contributed by atoms with Gasteiger partial charge in [-0.05, 0) is 24.7 Å². The topological polar surface area (TPSA) is 78.0 Å². The Bertz CT molecular complexity index is 646. The summed E-state index contributed by atoms with van der Waals surface area (Å²) in [6.07, 6.45) is 2.62. The van der Waals surface area contributed by atoms with Crippen molar-refractivity contribution < 1.29 is 8.42 Å². The number of nitrogens with zero attached hydrogens (tertiary/aromatic N) is 2. The number of aromatic nitrogens is 2. The van der Waals surface area contributed by atoms with Crippen LogP contribution < -0.4 is 5.73 Å². The van der Waals surface area contributed by atoms with E-state index in [1.807, 2.05) is 0 Å². The van der Waals surface area contributed by atoms with Gasteiger partial charge in [0, 0.05) is 11.5 Å². The highest BCUT2D eigenvalue weighted by Crippen LogP contribution is 2.59. The molecule has 1 aromatic rings. The maximum absolute atomic E-state index is 11.7. The first-order chi connectivity index (χ1) is 9.25. The first kappa shape index (κ1) is 13.9. The summed E-state index contributed by atoms with van der Waals surface area (Å²) in [6, 6.07) is -0.0825. The number of nitrogen functional groups attached to an aromatic ring is 1. The molecule has 2 unspecified atom stereocenters. The molecule has 6 heteroatoms. The molecular formula is C14H23N3O2S. The third-order valence-corrected chi connectivity index (χ3v) is 6.58. The van der Waals surface area contributed by atoms with Crippen molar-refractivity contribution in [2.75, 3.05) is 17.2 Å². The highest BCUT2D eigenvalue weighted by molar-refractivity contribution is 7.91. The van der Waals surface area contributed by atoms with Gasteiger partial charge in [0.05, 0.1) is 23.2 Å². The molecule has 2 fully saturated rings. The van der Waals surface area contributed by atoms with E-state index in [2.05, 4.69) is 20.8 Å². The molecule has 1 aromatic heterocycles. The fraction of sp³-hybridized carbons (Fsp3) is 0.786. The average Bonchev–Trinajstić information content (AvgIpc) is 2.69. The Morgan fingerprint density at radius 3 is 2.55 bits per heavy atom. The van der Waals surface area contributed by atoms with Crippen LogP contribution in [0.2, 0.25) is 0 Å². The highest BCUT2D eigenvalue weighted by atomic mass is 32.2. The molecule has 1 saturated heterocycles. The second-order valence-corrected chi connectivity index (χ2v) is 9.08. The second kappa shape index (κ2) is 4.23. The zero-order valence-corrected chi connectivity index (χ0v) is 13.2. The lowest BCUT2D eigenvalue weighted by Crippen LogP contribution is -2.15. The Labute approximate surface area is 120 Å². The molecule has 112 valence electrons. The van der Waals surface area contributed by atoms with Crippen molar-refractivity contribution in [2.24, 2.45) is 5.41 Å². The summed E-state index contributed by atoms with van der Waals surface area (Å²) < 4.78 is 25.1. The standard InChI is InChI=1S/C14H23N3O2S/c1-4-10-12(11-7-14(11,2)3)16-17(13(10)15)9-5-6-20(18,19)8-9/h9,11H,4-8,15H2,1-3H3. The van der Waals surface area contributed by atoms with Crippen LogP contribution in [0, 0.1) is 5.41 Å². The van der Waals surface area contributed by atoms with Gasteiger partial charge in [0.15, 0.2) is 9.84 Å². The molecule has 5 nitrogen and oxygen atoms in total. The van der Waals surface area contributed by atoms with Crippen molar-refractivity contribution in [1.29, 1.82) is 0 Å². The van der Waals surface area contributed by atoms with Gasteiger partial charge in [-0.3, -0.25) is 0 Å². The van der Waals surface area contributed by atoms with E-state index in [0.29, 0.717) is 23.6 Å². The molecule has 0 amide bonds. The van der Waals surface area contributed by atoms with Crippen molar-refractivity contribution in [3.8, 4) is 0 Å². The fourth-order valence-electron chi connectivity index (χ4n) is 3.32. The third kappa shape index (κ3) is 2.14. The smallest absolute Gasteiger partial charge is 0.152 e. The molecular weight excluding hydrogens is 274 g/mol. The summed E-state index contributed by atoms with van der Waals surface area (Å²) in [7, 11) is -2.91. The van der Waals surface area contributed by atoms with Crippen LogP contribution in [0.1, 0.15) is 56.8 Å². The number of rotatable bonds is 3. The van der Waals surface area contributed by atoms with Crippen molar-refractivity contribution in [1.82, 2.24) is 9.78 Å². The van der Waals surface area contributed by atoms with Crippen LogP contribution in [0.15, 0.2) is 0 Å². The van der Waals surface area contributed by atoms with E-state index < -0.39 is 9.84 Å². The zero-order valence-electron chi connectivity index (χ0n) is 12.4. The zero-order chi connectivity index (χ0) is 14.7. The van der Waals surface area contributed by atoms with Gasteiger partial charge in [-0.2, -0.15) is 5.10 Å². The molecule has 2 heterocycles. The average molecular weight is 297 g/mol. The monoisotopic (exact) mass is 297 g/mol. The molecule has 2 N–H and O–H groups in total. The normalized spacial score (nSPS) is 30.6. The molecule has 0 radical (unpaired) electrons. The van der Waals surface area contributed by atoms with E-state index in [0.717, 1.165) is 24.1 Å². The van der Waals surface area contributed by atoms with Gasteiger partial charge >= 0.3 is 0 Å². The van der Waals surface area contributed by atoms with E-state index in [9.17, 15) is 8.42 Å². The van der Waals surface area contributed by atoms with Crippen LogP contribution in [0.5, 0.6) is 0 Å². The Balaban J connectivity index is 1.97. The summed E-state index contributed by atoms with van der Waals surface area (Å²) in [5, 5.41) is 4.71. The van der Waals surface area contributed by atoms with Crippen molar-refractivity contribution >= 4 is 15.7 Å². The molecule has 1 aliphatic heterocycles. The molecule has 3 rings (SSSR count). The van der Waals surface area contributed by atoms with E-state index in [1.54, 1.807) is 4.68 Å². The van der Waals surface area contributed by atoms with E-state index in [4.69, 9.17) is 10.8 Å². The maximum Gasteiger partial charge on any atom is 0.152 e. The van der Waals surface area contributed by atoms with Crippen molar-refractivity contribution in [3.63, 3.8) is 0 Å². The van der Waals surface area contributed by atoms with Gasteiger partial charge in [-0.15, -0.1) is 0 Å². The maximum atomic E-state index is 11.7. The number of anilines is 1. The first-order valence-electron chi connectivity index (χ1n) is 7.32. The first-order valence-corrected chi connectivity index (χ1v) is 9.14. The molecule has 0 bridgehead atoms. The minimum Gasteiger partial charge on any atom is -0.384 e. The number of sulfone groups is 1. The van der Waals surface area contributed by atoms with Crippen LogP contribution in [0.3, 0.4) is 0 Å². The number of hydrogen-bond donors (Lipinski definition) is 1. The van der Waals surface area contributed by atoms with Crippen molar-refractivity contribution in [2.45, 2.75) is 52.0 Å². The number of nitrogens with two attached hydrogens (primary N) is 1. The summed E-state index contributed by atoms with van der Waals surface area (Å²) in [5.74, 6) is 1.57. The van der Waals surface area contributed by atoms with Gasteiger partial charge in [-0.25, -0.2) is 13.1 Å². The lowest BCUT2D eigenvalue weighted by molar-refractivity contribution is 0.498. The Morgan fingerprint density at radius 2 is 2.10 bits per heavy atom. The minimum atomic E-state index is -2.91. The van der Waals surface area contributed by atoms with Crippen LogP contribution >= 0.6 is 0 Å². The van der Waals surface area contributed by atoms with Crippen LogP contribution in [0.25, 0.3) is 0 Å². The third-order valence-electron chi connectivity index (χ3n) is 4.83. The highest BCUT2D eigenvalue weighted by Gasteiger charge is 2.49. The second-order valence-electron chi connectivity index (χ2n) is 6.85. The molecule has 2 atom stereocenters.